The summed E-state index contributed by atoms with van der Waals surface area (Å²) in [6, 6.07) is 0. The monoisotopic (exact) mass is 168 g/mol. The lowest BCUT2D eigenvalue weighted by Crippen LogP contribution is -1.77. The van der Waals surface area contributed by atoms with E-state index >= 15 is 0 Å². The largest absolute Gasteiger partial charge is 0.396 e. The quantitative estimate of drug-likeness (QED) is 0.457. The third kappa shape index (κ3) is 9.44. The van der Waals surface area contributed by atoms with Gasteiger partial charge in [0.05, 0.1) is 0 Å². The second-order valence-electron chi connectivity index (χ2n) is 2.86. The summed E-state index contributed by atoms with van der Waals surface area (Å²) in [5.41, 5.74) is 0. The van der Waals surface area contributed by atoms with E-state index in [9.17, 15) is 0 Å². The van der Waals surface area contributed by atoms with Crippen molar-refractivity contribution in [1.29, 1.82) is 0 Å². The predicted octanol–water partition coefficient (Wildman–Crippen LogP) is 3.06. The maximum atomic E-state index is 8.49. The standard InChI is InChI=1S/C11H20O/c1-2-3-4-5-6-7-8-9-10-11-12/h5-8,12H,2-4,9-11H2,1H3/b6-5+,8-7-. The maximum absolute atomic E-state index is 8.49. The van der Waals surface area contributed by atoms with E-state index in [4.69, 9.17) is 5.11 Å². The molecular formula is C11H20O. The first-order chi connectivity index (χ1) is 5.91. The molecule has 0 amide bonds. The average molecular weight is 168 g/mol. The molecule has 0 atom stereocenters. The average Bonchev–Trinajstić information content (AvgIpc) is 2.10. The Hall–Kier alpha value is -0.560. The summed E-state index contributed by atoms with van der Waals surface area (Å²) in [5, 5.41) is 8.49. The lowest BCUT2D eigenvalue weighted by atomic mass is 10.2. The Bertz CT molecular complexity index is 109. The van der Waals surface area contributed by atoms with Crippen LogP contribution in [0.1, 0.15) is 39.0 Å². The first-order valence-corrected chi connectivity index (χ1v) is 4.84. The zero-order valence-corrected chi connectivity index (χ0v) is 8.00. The van der Waals surface area contributed by atoms with E-state index in [1.165, 1.54) is 19.3 Å². The van der Waals surface area contributed by atoms with Crippen molar-refractivity contribution in [2.24, 2.45) is 0 Å². The van der Waals surface area contributed by atoms with Crippen LogP contribution in [0.3, 0.4) is 0 Å². The van der Waals surface area contributed by atoms with Crippen LogP contribution in [0.4, 0.5) is 0 Å². The lowest BCUT2D eigenvalue weighted by Gasteiger charge is -1.87. The number of unbranched alkanes of at least 4 members (excludes halogenated alkanes) is 3. The van der Waals surface area contributed by atoms with E-state index in [1.54, 1.807) is 0 Å². The molecule has 0 saturated heterocycles. The van der Waals surface area contributed by atoms with Gasteiger partial charge < -0.3 is 5.11 Å². The molecule has 0 aliphatic carbocycles. The molecule has 0 heterocycles. The number of aliphatic hydroxyl groups is 1. The van der Waals surface area contributed by atoms with Gasteiger partial charge >= 0.3 is 0 Å². The SMILES string of the molecule is CCCC/C=C/C=C\CCCO. The molecule has 0 fully saturated rings. The van der Waals surface area contributed by atoms with Crippen molar-refractivity contribution < 1.29 is 5.11 Å². The topological polar surface area (TPSA) is 20.2 Å². The molecule has 0 aliphatic rings. The summed E-state index contributed by atoms with van der Waals surface area (Å²) >= 11 is 0. The van der Waals surface area contributed by atoms with Crippen LogP contribution in [0.25, 0.3) is 0 Å². The smallest absolute Gasteiger partial charge is 0.0433 e. The van der Waals surface area contributed by atoms with Crippen molar-refractivity contribution >= 4 is 0 Å². The van der Waals surface area contributed by atoms with Crippen LogP contribution in [0.15, 0.2) is 24.3 Å². The molecule has 0 unspecified atom stereocenters. The minimum atomic E-state index is 0.296. The van der Waals surface area contributed by atoms with Gasteiger partial charge in [-0.25, -0.2) is 0 Å². The first kappa shape index (κ1) is 11.4. The third-order valence-corrected chi connectivity index (χ3v) is 1.64. The second-order valence-corrected chi connectivity index (χ2v) is 2.86. The summed E-state index contributed by atoms with van der Waals surface area (Å²) in [5.74, 6) is 0. The Balaban J connectivity index is 3.15. The van der Waals surface area contributed by atoms with E-state index in [2.05, 4.69) is 31.2 Å². The summed E-state index contributed by atoms with van der Waals surface area (Å²) in [4.78, 5) is 0. The Morgan fingerprint density at radius 1 is 1.00 bits per heavy atom. The van der Waals surface area contributed by atoms with Gasteiger partial charge in [0.2, 0.25) is 0 Å². The Morgan fingerprint density at radius 3 is 2.08 bits per heavy atom. The van der Waals surface area contributed by atoms with Crippen molar-refractivity contribution in [2.45, 2.75) is 39.0 Å². The molecule has 0 aromatic carbocycles. The highest BCUT2D eigenvalue weighted by Gasteiger charge is 1.77. The van der Waals surface area contributed by atoms with Crippen LogP contribution in [-0.2, 0) is 0 Å². The number of allylic oxidation sites excluding steroid dienone is 4. The highest BCUT2D eigenvalue weighted by Crippen LogP contribution is 1.95. The van der Waals surface area contributed by atoms with Crippen LogP contribution in [-0.4, -0.2) is 11.7 Å². The molecule has 12 heavy (non-hydrogen) atoms. The van der Waals surface area contributed by atoms with Crippen molar-refractivity contribution in [3.8, 4) is 0 Å². The summed E-state index contributed by atoms with van der Waals surface area (Å²) in [7, 11) is 0. The van der Waals surface area contributed by atoms with Gasteiger partial charge in [0.1, 0.15) is 0 Å². The van der Waals surface area contributed by atoms with Crippen LogP contribution >= 0.6 is 0 Å². The van der Waals surface area contributed by atoms with Gasteiger partial charge in [-0.2, -0.15) is 0 Å². The minimum absolute atomic E-state index is 0.296. The second kappa shape index (κ2) is 10.4. The summed E-state index contributed by atoms with van der Waals surface area (Å²) in [6.07, 6.45) is 14.0. The minimum Gasteiger partial charge on any atom is -0.396 e. The Labute approximate surface area is 75.8 Å². The van der Waals surface area contributed by atoms with Gasteiger partial charge in [0.25, 0.3) is 0 Å². The van der Waals surface area contributed by atoms with Crippen molar-refractivity contribution in [1.82, 2.24) is 0 Å². The van der Waals surface area contributed by atoms with Gasteiger partial charge in [-0.3, -0.25) is 0 Å². The van der Waals surface area contributed by atoms with Crippen molar-refractivity contribution in [2.75, 3.05) is 6.61 Å². The summed E-state index contributed by atoms with van der Waals surface area (Å²) < 4.78 is 0. The van der Waals surface area contributed by atoms with Gasteiger partial charge in [0.15, 0.2) is 0 Å². The van der Waals surface area contributed by atoms with Crippen molar-refractivity contribution in [3.63, 3.8) is 0 Å². The zero-order chi connectivity index (χ0) is 9.07. The van der Waals surface area contributed by atoms with Gasteiger partial charge in [-0.1, -0.05) is 44.1 Å². The molecule has 0 aromatic rings. The first-order valence-electron chi connectivity index (χ1n) is 4.84. The van der Waals surface area contributed by atoms with Crippen LogP contribution in [0.5, 0.6) is 0 Å². The molecule has 0 rings (SSSR count). The van der Waals surface area contributed by atoms with E-state index in [1.807, 2.05) is 0 Å². The van der Waals surface area contributed by atoms with E-state index < -0.39 is 0 Å². The molecule has 0 radical (unpaired) electrons. The Morgan fingerprint density at radius 2 is 1.58 bits per heavy atom. The molecule has 0 aromatic heterocycles. The molecule has 0 spiro atoms. The molecule has 1 nitrogen and oxygen atoms in total. The van der Waals surface area contributed by atoms with E-state index in [-0.39, 0.29) is 0 Å². The maximum Gasteiger partial charge on any atom is 0.0433 e. The number of hydrogen-bond acceptors (Lipinski definition) is 1. The molecule has 0 bridgehead atoms. The lowest BCUT2D eigenvalue weighted by molar-refractivity contribution is 0.289. The van der Waals surface area contributed by atoms with Crippen molar-refractivity contribution in [3.05, 3.63) is 24.3 Å². The number of hydrogen-bond donors (Lipinski definition) is 1. The van der Waals surface area contributed by atoms with Crippen LogP contribution in [0, 0.1) is 0 Å². The van der Waals surface area contributed by atoms with E-state index in [0.29, 0.717) is 6.61 Å². The third-order valence-electron chi connectivity index (χ3n) is 1.64. The predicted molar refractivity (Wildman–Crippen MR) is 54.1 cm³/mol. The van der Waals surface area contributed by atoms with Gasteiger partial charge in [-0.15, -0.1) is 0 Å². The van der Waals surface area contributed by atoms with E-state index in [0.717, 1.165) is 12.8 Å². The van der Waals surface area contributed by atoms with Crippen LogP contribution in [0.2, 0.25) is 0 Å². The number of aliphatic hydroxyl groups excluding tert-OH is 1. The molecule has 70 valence electrons. The fraction of sp³-hybridized carbons (Fsp3) is 0.636. The highest BCUT2D eigenvalue weighted by molar-refractivity contribution is 5.02. The zero-order valence-electron chi connectivity index (χ0n) is 8.00. The molecule has 0 saturated carbocycles. The molecular weight excluding hydrogens is 148 g/mol. The van der Waals surface area contributed by atoms with Crippen LogP contribution < -0.4 is 0 Å². The van der Waals surface area contributed by atoms with Gasteiger partial charge in [0, 0.05) is 6.61 Å². The normalized spacial score (nSPS) is 11.8. The highest BCUT2D eigenvalue weighted by atomic mass is 16.2. The fourth-order valence-electron chi connectivity index (χ4n) is 0.881. The number of rotatable bonds is 7. The molecule has 0 aliphatic heterocycles. The van der Waals surface area contributed by atoms with Gasteiger partial charge in [-0.05, 0) is 19.3 Å². The molecule has 1 N–H and O–H groups in total. The summed E-state index contributed by atoms with van der Waals surface area (Å²) in [6.45, 7) is 2.49. The Kier molecular flexibility index (Phi) is 9.95. The molecule has 1 heteroatoms. The fourth-order valence-corrected chi connectivity index (χ4v) is 0.881.